The normalized spacial score (nSPS) is 12.0. The summed E-state index contributed by atoms with van der Waals surface area (Å²) in [5, 5.41) is 0. The number of methoxy groups -OCH3 is 1. The average molecular weight is 332 g/mol. The van der Waals surface area contributed by atoms with Crippen LogP contribution in [0.25, 0.3) is 0 Å². The first-order valence-corrected chi connectivity index (χ1v) is 5.64. The van der Waals surface area contributed by atoms with Crippen LogP contribution < -0.4 is 9.47 Å². The summed E-state index contributed by atoms with van der Waals surface area (Å²) in [6, 6.07) is 3.06. The Hall–Kier alpha value is -2.13. The lowest BCUT2D eigenvalue weighted by Gasteiger charge is -2.16. The van der Waals surface area contributed by atoms with Crippen molar-refractivity contribution < 1.29 is 45.3 Å². The third-order valence-corrected chi connectivity index (χ3v) is 2.16. The van der Waals surface area contributed by atoms with E-state index in [1.165, 1.54) is 0 Å². The van der Waals surface area contributed by atoms with E-state index in [9.17, 15) is 31.1 Å². The molecule has 0 radical (unpaired) electrons. The lowest BCUT2D eigenvalue weighted by molar-refractivity contribution is -0.154. The third-order valence-electron chi connectivity index (χ3n) is 2.16. The summed E-state index contributed by atoms with van der Waals surface area (Å²) >= 11 is 0. The van der Waals surface area contributed by atoms with E-state index in [-0.39, 0.29) is 0 Å². The van der Waals surface area contributed by atoms with Gasteiger partial charge < -0.3 is 14.2 Å². The summed E-state index contributed by atoms with van der Waals surface area (Å²) in [6.07, 6.45) is -9.37. The molecule has 0 fully saturated rings. The molecule has 0 aliphatic heterocycles. The molecule has 0 heterocycles. The van der Waals surface area contributed by atoms with Gasteiger partial charge in [0.05, 0.1) is 7.11 Å². The molecule has 0 spiro atoms. The van der Waals surface area contributed by atoms with E-state index >= 15 is 0 Å². The van der Waals surface area contributed by atoms with Crippen LogP contribution in [0.4, 0.5) is 26.3 Å². The van der Waals surface area contributed by atoms with Crippen molar-refractivity contribution in [3.8, 4) is 11.5 Å². The van der Waals surface area contributed by atoms with E-state index in [2.05, 4.69) is 14.2 Å². The maximum Gasteiger partial charge on any atom is 0.422 e. The van der Waals surface area contributed by atoms with E-state index in [1.54, 1.807) is 0 Å². The van der Waals surface area contributed by atoms with Crippen LogP contribution in [0.2, 0.25) is 0 Å². The molecule has 10 heteroatoms. The van der Waals surface area contributed by atoms with Crippen LogP contribution in [0.3, 0.4) is 0 Å². The van der Waals surface area contributed by atoms with Crippen molar-refractivity contribution in [2.75, 3.05) is 20.3 Å². The van der Waals surface area contributed by atoms with Crippen LogP contribution in [-0.2, 0) is 4.74 Å². The second kappa shape index (κ2) is 6.75. The van der Waals surface area contributed by atoms with Gasteiger partial charge in [0, 0.05) is 0 Å². The van der Waals surface area contributed by atoms with Crippen molar-refractivity contribution in [3.05, 3.63) is 23.8 Å². The Balaban J connectivity index is 3.08. The molecule has 4 nitrogen and oxygen atoms in total. The molecule has 0 bridgehead atoms. The van der Waals surface area contributed by atoms with Gasteiger partial charge in [0.1, 0.15) is 17.1 Å². The molecule has 0 aromatic heterocycles. The summed E-state index contributed by atoms with van der Waals surface area (Å²) in [5.41, 5.74) is -0.654. The zero-order valence-electron chi connectivity index (χ0n) is 11.0. The number of carbonyl (C=O) groups excluding carboxylic acids is 1. The molecular formula is C12H10F6O4. The Morgan fingerprint density at radius 3 is 1.68 bits per heavy atom. The highest BCUT2D eigenvalue weighted by molar-refractivity contribution is 5.95. The molecule has 1 aromatic carbocycles. The summed E-state index contributed by atoms with van der Waals surface area (Å²) < 4.78 is 86.0. The van der Waals surface area contributed by atoms with Gasteiger partial charge in [-0.1, -0.05) is 6.07 Å². The minimum absolute atomic E-state index is 0.594. The molecule has 0 atom stereocenters. The zero-order valence-corrected chi connectivity index (χ0v) is 11.0. The number of halogens is 6. The van der Waals surface area contributed by atoms with Crippen molar-refractivity contribution in [3.63, 3.8) is 0 Å². The first-order valence-electron chi connectivity index (χ1n) is 5.64. The quantitative estimate of drug-likeness (QED) is 0.613. The van der Waals surface area contributed by atoms with Crippen molar-refractivity contribution in [2.45, 2.75) is 12.4 Å². The molecule has 0 aliphatic rings. The molecular weight excluding hydrogens is 322 g/mol. The maximum absolute atomic E-state index is 12.1. The Morgan fingerprint density at radius 1 is 0.955 bits per heavy atom. The largest absolute Gasteiger partial charge is 0.483 e. The second-order valence-electron chi connectivity index (χ2n) is 3.93. The first kappa shape index (κ1) is 17.9. The number of rotatable bonds is 5. The van der Waals surface area contributed by atoms with Crippen molar-refractivity contribution in [2.24, 2.45) is 0 Å². The highest BCUT2D eigenvalue weighted by atomic mass is 19.4. The Kier molecular flexibility index (Phi) is 5.50. The number of benzene rings is 1. The molecule has 1 rings (SSSR count). The molecule has 0 amide bonds. The van der Waals surface area contributed by atoms with Gasteiger partial charge in [-0.05, 0) is 12.1 Å². The average Bonchev–Trinajstić information content (AvgIpc) is 2.40. The van der Waals surface area contributed by atoms with Crippen molar-refractivity contribution >= 4 is 5.97 Å². The number of esters is 1. The first-order chi connectivity index (χ1) is 10.0. The Morgan fingerprint density at radius 2 is 1.36 bits per heavy atom. The molecule has 0 N–H and O–H groups in total. The molecule has 124 valence electrons. The topological polar surface area (TPSA) is 44.8 Å². The highest BCUT2D eigenvalue weighted by Gasteiger charge is 2.32. The van der Waals surface area contributed by atoms with Gasteiger partial charge >= 0.3 is 18.3 Å². The highest BCUT2D eigenvalue weighted by Crippen LogP contribution is 2.31. The van der Waals surface area contributed by atoms with Gasteiger partial charge in [0.15, 0.2) is 13.2 Å². The number of carbonyl (C=O) groups is 1. The lowest BCUT2D eigenvalue weighted by Crippen LogP contribution is -2.22. The van der Waals surface area contributed by atoms with Gasteiger partial charge in [0.2, 0.25) is 0 Å². The Labute approximate surface area is 120 Å². The van der Waals surface area contributed by atoms with Crippen molar-refractivity contribution in [1.82, 2.24) is 0 Å². The minimum Gasteiger partial charge on any atom is -0.483 e. The van der Waals surface area contributed by atoms with Gasteiger partial charge in [-0.25, -0.2) is 4.79 Å². The van der Waals surface area contributed by atoms with Gasteiger partial charge in [-0.3, -0.25) is 0 Å². The summed E-state index contributed by atoms with van der Waals surface area (Å²) in [7, 11) is 0.913. The fourth-order valence-corrected chi connectivity index (χ4v) is 1.37. The zero-order chi connectivity index (χ0) is 17.0. The van der Waals surface area contributed by atoms with Gasteiger partial charge in [-0.15, -0.1) is 0 Å². The molecule has 0 unspecified atom stereocenters. The van der Waals surface area contributed by atoms with Crippen LogP contribution in [0.15, 0.2) is 18.2 Å². The molecule has 0 saturated heterocycles. The van der Waals surface area contributed by atoms with Gasteiger partial charge in [-0.2, -0.15) is 26.3 Å². The van der Waals surface area contributed by atoms with Gasteiger partial charge in [0.25, 0.3) is 0 Å². The standard InChI is InChI=1S/C12H10F6O4/c1-20-10(19)9-7(21-5-11(13,14)15)3-2-4-8(9)22-6-12(16,17)18/h2-4H,5-6H2,1H3. The molecule has 0 aliphatic carbocycles. The van der Waals surface area contributed by atoms with Crippen LogP contribution >= 0.6 is 0 Å². The van der Waals surface area contributed by atoms with E-state index in [4.69, 9.17) is 0 Å². The number of hydrogen-bond donors (Lipinski definition) is 0. The monoisotopic (exact) mass is 332 g/mol. The van der Waals surface area contributed by atoms with Crippen LogP contribution in [0.1, 0.15) is 10.4 Å². The summed E-state index contributed by atoms with van der Waals surface area (Å²) in [5.74, 6) is -2.37. The van der Waals surface area contributed by atoms with E-state index in [0.717, 1.165) is 25.3 Å². The second-order valence-corrected chi connectivity index (χ2v) is 3.93. The van der Waals surface area contributed by atoms with E-state index in [0.29, 0.717) is 0 Å². The molecule has 22 heavy (non-hydrogen) atoms. The smallest absolute Gasteiger partial charge is 0.422 e. The summed E-state index contributed by atoms with van der Waals surface area (Å²) in [6.45, 7) is -3.45. The van der Waals surface area contributed by atoms with E-state index < -0.39 is 48.6 Å². The predicted molar refractivity (Wildman–Crippen MR) is 60.9 cm³/mol. The summed E-state index contributed by atoms with van der Waals surface area (Å²) in [4.78, 5) is 11.6. The van der Waals surface area contributed by atoms with Crippen molar-refractivity contribution in [1.29, 1.82) is 0 Å². The third kappa shape index (κ3) is 5.70. The predicted octanol–water partition coefficient (Wildman–Crippen LogP) is 3.36. The molecule has 1 aromatic rings. The van der Waals surface area contributed by atoms with Crippen LogP contribution in [-0.4, -0.2) is 38.6 Å². The van der Waals surface area contributed by atoms with Crippen LogP contribution in [0, 0.1) is 0 Å². The fraction of sp³-hybridized carbons (Fsp3) is 0.417. The lowest BCUT2D eigenvalue weighted by atomic mass is 10.1. The number of alkyl halides is 6. The Bertz CT molecular complexity index is 487. The van der Waals surface area contributed by atoms with Crippen LogP contribution in [0.5, 0.6) is 11.5 Å². The van der Waals surface area contributed by atoms with E-state index in [1.807, 2.05) is 0 Å². The SMILES string of the molecule is COC(=O)c1c(OCC(F)(F)F)cccc1OCC(F)(F)F. The number of ether oxygens (including phenoxy) is 3. The minimum atomic E-state index is -4.68. The maximum atomic E-state index is 12.1. The molecule has 0 saturated carbocycles. The number of hydrogen-bond acceptors (Lipinski definition) is 4. The fourth-order valence-electron chi connectivity index (χ4n) is 1.37.